The SMILES string of the molecule is CCOCCCOC(=O)c1ccccc1. The number of hydrogen-bond donors (Lipinski definition) is 0. The molecule has 0 aliphatic carbocycles. The number of hydrogen-bond acceptors (Lipinski definition) is 3. The molecule has 0 N–H and O–H groups in total. The standard InChI is InChI=1S/C12H16O3/c1-2-14-9-6-10-15-12(13)11-7-4-3-5-8-11/h3-5,7-8H,2,6,9-10H2,1H3. The number of esters is 1. The van der Waals surface area contributed by atoms with E-state index in [0.29, 0.717) is 25.4 Å². The molecule has 0 radical (unpaired) electrons. The fourth-order valence-corrected chi connectivity index (χ4v) is 1.13. The molecule has 0 aliphatic rings. The van der Waals surface area contributed by atoms with Crippen molar-refractivity contribution in [1.82, 2.24) is 0 Å². The van der Waals surface area contributed by atoms with Crippen LogP contribution in [0, 0.1) is 0 Å². The molecule has 0 heterocycles. The van der Waals surface area contributed by atoms with E-state index in [1.807, 2.05) is 25.1 Å². The number of rotatable bonds is 6. The zero-order chi connectivity index (χ0) is 10.9. The average Bonchev–Trinajstić information content (AvgIpc) is 2.30. The van der Waals surface area contributed by atoms with E-state index in [1.54, 1.807) is 12.1 Å². The number of ether oxygens (including phenoxy) is 2. The van der Waals surface area contributed by atoms with Gasteiger partial charge in [0, 0.05) is 19.6 Å². The first-order valence-corrected chi connectivity index (χ1v) is 5.14. The third-order valence-corrected chi connectivity index (χ3v) is 1.88. The van der Waals surface area contributed by atoms with Crippen LogP contribution in [0.15, 0.2) is 30.3 Å². The Balaban J connectivity index is 2.20. The van der Waals surface area contributed by atoms with Gasteiger partial charge in [-0.3, -0.25) is 0 Å². The van der Waals surface area contributed by atoms with Gasteiger partial charge in [-0.15, -0.1) is 0 Å². The topological polar surface area (TPSA) is 35.5 Å². The lowest BCUT2D eigenvalue weighted by Crippen LogP contribution is -2.08. The lowest BCUT2D eigenvalue weighted by Gasteiger charge is -2.04. The van der Waals surface area contributed by atoms with E-state index in [-0.39, 0.29) is 5.97 Å². The molecule has 1 aromatic carbocycles. The highest BCUT2D eigenvalue weighted by molar-refractivity contribution is 5.89. The van der Waals surface area contributed by atoms with E-state index >= 15 is 0 Å². The Morgan fingerprint density at radius 1 is 1.20 bits per heavy atom. The fraction of sp³-hybridized carbons (Fsp3) is 0.417. The van der Waals surface area contributed by atoms with Crippen molar-refractivity contribution in [3.8, 4) is 0 Å². The van der Waals surface area contributed by atoms with Crippen LogP contribution >= 0.6 is 0 Å². The molecule has 3 heteroatoms. The summed E-state index contributed by atoms with van der Waals surface area (Å²) in [4.78, 5) is 11.4. The van der Waals surface area contributed by atoms with Crippen molar-refractivity contribution in [2.45, 2.75) is 13.3 Å². The molecule has 0 saturated carbocycles. The van der Waals surface area contributed by atoms with Gasteiger partial charge in [-0.25, -0.2) is 4.79 Å². The summed E-state index contributed by atoms with van der Waals surface area (Å²) in [7, 11) is 0. The first-order chi connectivity index (χ1) is 7.34. The molecule has 0 aromatic heterocycles. The van der Waals surface area contributed by atoms with Gasteiger partial charge < -0.3 is 9.47 Å². The highest BCUT2D eigenvalue weighted by Gasteiger charge is 2.04. The second-order valence-corrected chi connectivity index (χ2v) is 3.05. The lowest BCUT2D eigenvalue weighted by atomic mass is 10.2. The van der Waals surface area contributed by atoms with E-state index in [4.69, 9.17) is 9.47 Å². The third-order valence-electron chi connectivity index (χ3n) is 1.88. The van der Waals surface area contributed by atoms with Crippen LogP contribution in [0.2, 0.25) is 0 Å². The van der Waals surface area contributed by atoms with Crippen molar-refractivity contribution in [1.29, 1.82) is 0 Å². The van der Waals surface area contributed by atoms with Crippen molar-refractivity contribution >= 4 is 5.97 Å². The van der Waals surface area contributed by atoms with Gasteiger partial charge in [-0.05, 0) is 19.1 Å². The largest absolute Gasteiger partial charge is 0.462 e. The van der Waals surface area contributed by atoms with Gasteiger partial charge in [0.2, 0.25) is 0 Å². The minimum atomic E-state index is -0.271. The Kier molecular flexibility index (Phi) is 5.48. The van der Waals surface area contributed by atoms with Gasteiger partial charge in [-0.2, -0.15) is 0 Å². The van der Waals surface area contributed by atoms with Gasteiger partial charge in [0.25, 0.3) is 0 Å². The second kappa shape index (κ2) is 7.01. The van der Waals surface area contributed by atoms with Crippen LogP contribution in [-0.2, 0) is 9.47 Å². The Bertz CT molecular complexity index is 282. The van der Waals surface area contributed by atoms with E-state index in [2.05, 4.69) is 0 Å². The highest BCUT2D eigenvalue weighted by atomic mass is 16.5. The summed E-state index contributed by atoms with van der Waals surface area (Å²) in [5, 5.41) is 0. The molecule has 0 fully saturated rings. The first kappa shape index (κ1) is 11.7. The van der Waals surface area contributed by atoms with Crippen LogP contribution < -0.4 is 0 Å². The van der Waals surface area contributed by atoms with Gasteiger partial charge in [-0.1, -0.05) is 18.2 Å². The molecular formula is C12H16O3. The number of benzene rings is 1. The average molecular weight is 208 g/mol. The summed E-state index contributed by atoms with van der Waals surface area (Å²) in [5.41, 5.74) is 0.592. The van der Waals surface area contributed by atoms with Crippen molar-refractivity contribution < 1.29 is 14.3 Å². The molecule has 0 unspecified atom stereocenters. The Morgan fingerprint density at radius 2 is 1.93 bits per heavy atom. The molecule has 0 saturated heterocycles. The monoisotopic (exact) mass is 208 g/mol. The zero-order valence-corrected chi connectivity index (χ0v) is 8.94. The maximum atomic E-state index is 11.4. The van der Waals surface area contributed by atoms with Crippen molar-refractivity contribution in [2.75, 3.05) is 19.8 Å². The van der Waals surface area contributed by atoms with Gasteiger partial charge in [0.05, 0.1) is 12.2 Å². The summed E-state index contributed by atoms with van der Waals surface area (Å²) in [6.07, 6.45) is 0.742. The summed E-state index contributed by atoms with van der Waals surface area (Å²) >= 11 is 0. The zero-order valence-electron chi connectivity index (χ0n) is 8.94. The molecule has 0 atom stereocenters. The summed E-state index contributed by atoms with van der Waals surface area (Å²) in [6, 6.07) is 8.98. The third kappa shape index (κ3) is 4.61. The molecule has 3 nitrogen and oxygen atoms in total. The fourth-order valence-electron chi connectivity index (χ4n) is 1.13. The van der Waals surface area contributed by atoms with Gasteiger partial charge >= 0.3 is 5.97 Å². The molecule has 0 spiro atoms. The summed E-state index contributed by atoms with van der Waals surface area (Å²) in [6.45, 7) is 3.69. The highest BCUT2D eigenvalue weighted by Crippen LogP contribution is 2.01. The molecule has 82 valence electrons. The number of carbonyl (C=O) groups is 1. The normalized spacial score (nSPS) is 9.93. The van der Waals surface area contributed by atoms with E-state index < -0.39 is 0 Å². The Hall–Kier alpha value is -1.35. The molecule has 0 aliphatic heterocycles. The Morgan fingerprint density at radius 3 is 2.60 bits per heavy atom. The Labute approximate surface area is 90.0 Å². The minimum Gasteiger partial charge on any atom is -0.462 e. The molecule has 0 amide bonds. The van der Waals surface area contributed by atoms with Crippen LogP contribution in [0.3, 0.4) is 0 Å². The maximum Gasteiger partial charge on any atom is 0.338 e. The second-order valence-electron chi connectivity index (χ2n) is 3.05. The maximum absolute atomic E-state index is 11.4. The smallest absolute Gasteiger partial charge is 0.338 e. The summed E-state index contributed by atoms with van der Waals surface area (Å²) < 4.78 is 10.2. The van der Waals surface area contributed by atoms with Crippen LogP contribution in [-0.4, -0.2) is 25.8 Å². The van der Waals surface area contributed by atoms with Crippen molar-refractivity contribution in [3.63, 3.8) is 0 Å². The predicted molar refractivity (Wildman–Crippen MR) is 57.8 cm³/mol. The van der Waals surface area contributed by atoms with E-state index in [1.165, 1.54) is 0 Å². The van der Waals surface area contributed by atoms with Crippen molar-refractivity contribution in [3.05, 3.63) is 35.9 Å². The predicted octanol–water partition coefficient (Wildman–Crippen LogP) is 2.27. The lowest BCUT2D eigenvalue weighted by molar-refractivity contribution is 0.0452. The number of carbonyl (C=O) groups excluding carboxylic acids is 1. The molecule has 0 bridgehead atoms. The summed E-state index contributed by atoms with van der Waals surface area (Å²) in [5.74, 6) is -0.271. The van der Waals surface area contributed by atoms with Crippen LogP contribution in [0.5, 0.6) is 0 Å². The molecule has 1 rings (SSSR count). The van der Waals surface area contributed by atoms with Crippen LogP contribution in [0.1, 0.15) is 23.7 Å². The van der Waals surface area contributed by atoms with Crippen LogP contribution in [0.25, 0.3) is 0 Å². The van der Waals surface area contributed by atoms with Crippen LogP contribution in [0.4, 0.5) is 0 Å². The molecule has 1 aromatic rings. The van der Waals surface area contributed by atoms with Crippen molar-refractivity contribution in [2.24, 2.45) is 0 Å². The first-order valence-electron chi connectivity index (χ1n) is 5.14. The quantitative estimate of drug-likeness (QED) is 0.531. The minimum absolute atomic E-state index is 0.271. The molecular weight excluding hydrogens is 192 g/mol. The van der Waals surface area contributed by atoms with E-state index in [9.17, 15) is 4.79 Å². The molecule has 15 heavy (non-hydrogen) atoms. The van der Waals surface area contributed by atoms with E-state index in [0.717, 1.165) is 6.42 Å². The van der Waals surface area contributed by atoms with Gasteiger partial charge in [0.15, 0.2) is 0 Å². The van der Waals surface area contributed by atoms with Gasteiger partial charge in [0.1, 0.15) is 0 Å².